The molecular formula is C34H46O2. The highest BCUT2D eigenvalue weighted by molar-refractivity contribution is 5.65. The van der Waals surface area contributed by atoms with Crippen LogP contribution in [0.15, 0.2) is 67.3 Å². The second-order valence-corrected chi connectivity index (χ2v) is 10.8. The molecule has 2 N–H and O–H groups in total. The van der Waals surface area contributed by atoms with E-state index < -0.39 is 0 Å². The lowest BCUT2D eigenvalue weighted by atomic mass is 9.86. The van der Waals surface area contributed by atoms with E-state index in [1.165, 1.54) is 60.8 Å². The van der Waals surface area contributed by atoms with Gasteiger partial charge in [-0.2, -0.15) is 0 Å². The molecule has 36 heavy (non-hydrogen) atoms. The summed E-state index contributed by atoms with van der Waals surface area (Å²) < 4.78 is 0. The lowest BCUT2D eigenvalue weighted by molar-refractivity contribution is -0.0979. The van der Waals surface area contributed by atoms with Crippen LogP contribution in [0.4, 0.5) is 0 Å². The lowest BCUT2D eigenvalue weighted by Crippen LogP contribution is -2.04. The van der Waals surface area contributed by atoms with E-state index in [2.05, 4.69) is 95.0 Å². The minimum atomic E-state index is 0. The fourth-order valence-corrected chi connectivity index (χ4v) is 6.02. The van der Waals surface area contributed by atoms with Crippen molar-refractivity contribution in [1.82, 2.24) is 0 Å². The summed E-state index contributed by atoms with van der Waals surface area (Å²) in [6.45, 7) is 15.7. The first-order valence-corrected chi connectivity index (χ1v) is 13.5. The first-order chi connectivity index (χ1) is 17.0. The van der Waals surface area contributed by atoms with Gasteiger partial charge in [-0.1, -0.05) is 100 Å². The fraction of sp³-hybridized carbons (Fsp3) is 0.441. The molecule has 0 radical (unpaired) electrons. The number of hydrogen-bond acceptors (Lipinski definition) is 1. The van der Waals surface area contributed by atoms with Crippen LogP contribution < -0.4 is 0 Å². The van der Waals surface area contributed by atoms with Crippen LogP contribution in [0.1, 0.15) is 110 Å². The average molecular weight is 487 g/mol. The van der Waals surface area contributed by atoms with E-state index in [1.807, 2.05) is 6.79 Å². The maximum Gasteiger partial charge on any atom is 0.106 e. The van der Waals surface area contributed by atoms with Crippen molar-refractivity contribution in [3.63, 3.8) is 0 Å². The summed E-state index contributed by atoms with van der Waals surface area (Å²) in [6.07, 6.45) is 17.5. The number of benzene rings is 2. The molecule has 0 heterocycles. The van der Waals surface area contributed by atoms with Gasteiger partial charge in [0.05, 0.1) is 0 Å². The minimum absolute atomic E-state index is 0. The molecule has 0 amide bonds. The molecule has 2 aromatic rings. The van der Waals surface area contributed by atoms with Crippen molar-refractivity contribution in [2.45, 2.75) is 90.4 Å². The largest absolute Gasteiger partial charge is 0.412 e. The Hall–Kier alpha value is -2.71. The molecule has 194 valence electrons. The number of aryl methyl sites for hydroxylation is 1. The third kappa shape index (κ3) is 7.17. The SMILES string of the molecule is C=C(CCC1C=CC=CC1)c1ccc2c(c1)C(CCC)CC2Cc1cc(C)ccc1C(C)C.C=O.O. The quantitative estimate of drug-likeness (QED) is 0.350. The highest BCUT2D eigenvalue weighted by Gasteiger charge is 2.31. The van der Waals surface area contributed by atoms with Crippen molar-refractivity contribution in [3.05, 3.63) is 101 Å². The van der Waals surface area contributed by atoms with Crippen LogP contribution in [-0.4, -0.2) is 12.3 Å². The van der Waals surface area contributed by atoms with Gasteiger partial charge in [-0.3, -0.25) is 0 Å². The summed E-state index contributed by atoms with van der Waals surface area (Å²) >= 11 is 0. The van der Waals surface area contributed by atoms with Gasteiger partial charge in [0.25, 0.3) is 0 Å². The number of allylic oxidation sites excluding steroid dienone is 5. The first kappa shape index (κ1) is 29.5. The molecule has 0 spiro atoms. The molecule has 2 aliphatic carbocycles. The molecule has 0 saturated heterocycles. The number of carbonyl (C=O) groups excluding carboxylic acids is 1. The Morgan fingerprint density at radius 1 is 1.00 bits per heavy atom. The van der Waals surface area contributed by atoms with Gasteiger partial charge >= 0.3 is 0 Å². The number of hydrogen-bond donors (Lipinski definition) is 0. The molecule has 2 aromatic carbocycles. The molecule has 0 saturated carbocycles. The zero-order chi connectivity index (χ0) is 25.4. The van der Waals surface area contributed by atoms with Gasteiger partial charge in [0.2, 0.25) is 0 Å². The van der Waals surface area contributed by atoms with E-state index in [1.54, 1.807) is 16.7 Å². The molecule has 0 aliphatic heterocycles. The Balaban J connectivity index is 0.00000148. The van der Waals surface area contributed by atoms with Gasteiger partial charge in [0, 0.05) is 0 Å². The lowest BCUT2D eigenvalue weighted by Gasteiger charge is -2.18. The maximum atomic E-state index is 8.00. The summed E-state index contributed by atoms with van der Waals surface area (Å²) in [7, 11) is 0. The van der Waals surface area contributed by atoms with Crippen molar-refractivity contribution >= 4 is 12.4 Å². The van der Waals surface area contributed by atoms with Gasteiger partial charge in [0.15, 0.2) is 0 Å². The fourth-order valence-electron chi connectivity index (χ4n) is 6.02. The Labute approximate surface area is 219 Å². The zero-order valence-corrected chi connectivity index (χ0v) is 22.9. The first-order valence-electron chi connectivity index (χ1n) is 13.5. The molecule has 0 aromatic heterocycles. The Morgan fingerprint density at radius 2 is 1.78 bits per heavy atom. The Morgan fingerprint density at radius 3 is 2.44 bits per heavy atom. The summed E-state index contributed by atoms with van der Waals surface area (Å²) in [6, 6.07) is 14.4. The van der Waals surface area contributed by atoms with Crippen LogP contribution in [0.25, 0.3) is 5.57 Å². The third-order valence-electron chi connectivity index (χ3n) is 7.85. The van der Waals surface area contributed by atoms with Crippen LogP contribution in [0.5, 0.6) is 0 Å². The smallest absolute Gasteiger partial charge is 0.106 e. The second-order valence-electron chi connectivity index (χ2n) is 10.8. The van der Waals surface area contributed by atoms with Gasteiger partial charge in [-0.15, -0.1) is 0 Å². The van der Waals surface area contributed by atoms with Gasteiger partial charge in [-0.05, 0) is 103 Å². The second kappa shape index (κ2) is 14.1. The van der Waals surface area contributed by atoms with Crippen LogP contribution in [0.3, 0.4) is 0 Å². The number of fused-ring (bicyclic) bond motifs is 1. The molecule has 2 heteroatoms. The Bertz CT molecular complexity index is 1060. The van der Waals surface area contributed by atoms with Gasteiger partial charge in [0.1, 0.15) is 6.79 Å². The monoisotopic (exact) mass is 486 g/mol. The van der Waals surface area contributed by atoms with E-state index in [-0.39, 0.29) is 5.48 Å². The molecule has 3 unspecified atom stereocenters. The predicted molar refractivity (Wildman–Crippen MR) is 156 cm³/mol. The standard InChI is InChI=1S/C33H42.CH2O.H2O/c1-6-10-28-20-30(21-29-19-24(4)13-17-31(29)23(2)3)32-18-16-27(22-33(28)32)25(5)14-15-26-11-8-7-9-12-26;1-2;/h7-9,11,13,16-19,22-23,26,28,30H,5-6,10,12,14-15,20-21H2,1-4H3;1H2;1H2. The molecule has 2 nitrogen and oxygen atoms in total. The molecule has 0 fully saturated rings. The van der Waals surface area contributed by atoms with E-state index in [0.29, 0.717) is 23.7 Å². The van der Waals surface area contributed by atoms with Crippen molar-refractivity contribution in [3.8, 4) is 0 Å². The zero-order valence-electron chi connectivity index (χ0n) is 22.9. The molecule has 4 rings (SSSR count). The van der Waals surface area contributed by atoms with Crippen molar-refractivity contribution in [2.24, 2.45) is 5.92 Å². The minimum Gasteiger partial charge on any atom is -0.412 e. The summed E-state index contributed by atoms with van der Waals surface area (Å²) in [5.74, 6) is 2.58. The van der Waals surface area contributed by atoms with E-state index in [0.717, 1.165) is 6.42 Å². The van der Waals surface area contributed by atoms with Crippen LogP contribution >= 0.6 is 0 Å². The van der Waals surface area contributed by atoms with Gasteiger partial charge < -0.3 is 10.3 Å². The molecular weight excluding hydrogens is 440 g/mol. The molecule has 0 bridgehead atoms. The summed E-state index contributed by atoms with van der Waals surface area (Å²) in [4.78, 5) is 8.00. The van der Waals surface area contributed by atoms with Crippen LogP contribution in [0, 0.1) is 12.8 Å². The van der Waals surface area contributed by atoms with E-state index in [4.69, 9.17) is 4.79 Å². The van der Waals surface area contributed by atoms with E-state index >= 15 is 0 Å². The Kier molecular flexibility index (Phi) is 11.6. The molecule has 3 atom stereocenters. The van der Waals surface area contributed by atoms with Crippen molar-refractivity contribution in [2.75, 3.05) is 0 Å². The number of carbonyl (C=O) groups is 1. The van der Waals surface area contributed by atoms with Crippen molar-refractivity contribution in [1.29, 1.82) is 0 Å². The van der Waals surface area contributed by atoms with Crippen molar-refractivity contribution < 1.29 is 10.3 Å². The highest BCUT2D eigenvalue weighted by Crippen LogP contribution is 2.47. The van der Waals surface area contributed by atoms with Crippen LogP contribution in [0.2, 0.25) is 0 Å². The van der Waals surface area contributed by atoms with Crippen LogP contribution in [-0.2, 0) is 11.2 Å². The average Bonchev–Trinajstić information content (AvgIpc) is 3.21. The number of rotatable bonds is 9. The van der Waals surface area contributed by atoms with Gasteiger partial charge in [-0.25, -0.2) is 0 Å². The summed E-state index contributed by atoms with van der Waals surface area (Å²) in [5.41, 5.74) is 10.3. The summed E-state index contributed by atoms with van der Waals surface area (Å²) in [5, 5.41) is 0. The molecule has 2 aliphatic rings. The normalized spacial score (nSPS) is 19.9. The predicted octanol–water partition coefficient (Wildman–Crippen LogP) is 8.65. The third-order valence-corrected chi connectivity index (χ3v) is 7.85. The highest BCUT2D eigenvalue weighted by atomic mass is 16.1. The topological polar surface area (TPSA) is 48.6 Å². The van der Waals surface area contributed by atoms with E-state index in [9.17, 15) is 0 Å². The maximum absolute atomic E-state index is 8.00.